The lowest BCUT2D eigenvalue weighted by Gasteiger charge is -2.11. The Labute approximate surface area is 100 Å². The summed E-state index contributed by atoms with van der Waals surface area (Å²) in [5.41, 5.74) is 0. The van der Waals surface area contributed by atoms with Gasteiger partial charge in [-0.3, -0.25) is 0 Å². The fourth-order valence-electron chi connectivity index (χ4n) is 1.29. The summed E-state index contributed by atoms with van der Waals surface area (Å²) in [6.07, 6.45) is 2.63. The number of unbranched alkanes of at least 4 members (excludes halogenated alkanes) is 1. The number of methoxy groups -OCH3 is 1. The van der Waals surface area contributed by atoms with Crippen LogP contribution in [0.25, 0.3) is 0 Å². The minimum Gasteiger partial charge on any atom is -0.382 e. The highest BCUT2D eigenvalue weighted by molar-refractivity contribution is 4.56. The topological polar surface area (TPSA) is 42.5 Å². The van der Waals surface area contributed by atoms with Crippen LogP contribution in [-0.4, -0.2) is 52.6 Å². The number of ether oxygens (including phenoxy) is 2. The molecule has 0 saturated heterocycles. The molecule has 0 aromatic heterocycles. The van der Waals surface area contributed by atoms with E-state index in [0.717, 1.165) is 45.8 Å². The molecule has 0 aromatic rings. The van der Waals surface area contributed by atoms with Crippen LogP contribution < -0.4 is 10.6 Å². The van der Waals surface area contributed by atoms with Gasteiger partial charge in [-0.05, 0) is 33.2 Å². The van der Waals surface area contributed by atoms with E-state index in [9.17, 15) is 0 Å². The molecule has 0 radical (unpaired) electrons. The van der Waals surface area contributed by atoms with Gasteiger partial charge in [0.05, 0.1) is 6.10 Å². The van der Waals surface area contributed by atoms with Crippen molar-refractivity contribution in [2.75, 3.05) is 46.5 Å². The van der Waals surface area contributed by atoms with Gasteiger partial charge in [-0.2, -0.15) is 0 Å². The standard InChI is InChI=1S/C12H28N2O2/c1-4-16-10-6-5-7-13-8-9-14-11-12(2)15-3/h12-14H,4-11H2,1-3H3. The first kappa shape index (κ1) is 15.8. The molecule has 0 bridgehead atoms. The highest BCUT2D eigenvalue weighted by Crippen LogP contribution is 1.87. The average Bonchev–Trinajstić information content (AvgIpc) is 2.31. The normalized spacial score (nSPS) is 12.9. The summed E-state index contributed by atoms with van der Waals surface area (Å²) in [5.74, 6) is 0. The third-order valence-corrected chi connectivity index (χ3v) is 2.41. The molecule has 0 rings (SSSR count). The molecular formula is C12H28N2O2. The Morgan fingerprint density at radius 3 is 2.50 bits per heavy atom. The molecule has 2 N–H and O–H groups in total. The molecule has 0 aromatic carbocycles. The first-order valence-corrected chi connectivity index (χ1v) is 6.33. The van der Waals surface area contributed by atoms with Crippen LogP contribution in [0.3, 0.4) is 0 Å². The molecule has 0 aliphatic rings. The van der Waals surface area contributed by atoms with E-state index < -0.39 is 0 Å². The van der Waals surface area contributed by atoms with E-state index in [1.165, 1.54) is 6.42 Å². The van der Waals surface area contributed by atoms with Crippen molar-refractivity contribution >= 4 is 0 Å². The molecule has 0 heterocycles. The number of rotatable bonds is 12. The second-order valence-corrected chi connectivity index (χ2v) is 3.90. The van der Waals surface area contributed by atoms with E-state index in [-0.39, 0.29) is 0 Å². The van der Waals surface area contributed by atoms with Crippen LogP contribution in [0.2, 0.25) is 0 Å². The van der Waals surface area contributed by atoms with Gasteiger partial charge in [-0.15, -0.1) is 0 Å². The zero-order valence-electron chi connectivity index (χ0n) is 11.1. The van der Waals surface area contributed by atoms with Gasteiger partial charge in [0, 0.05) is 40.0 Å². The van der Waals surface area contributed by atoms with Crippen LogP contribution in [0, 0.1) is 0 Å². The van der Waals surface area contributed by atoms with Crippen molar-refractivity contribution in [3.63, 3.8) is 0 Å². The second-order valence-electron chi connectivity index (χ2n) is 3.90. The quantitative estimate of drug-likeness (QED) is 0.493. The van der Waals surface area contributed by atoms with Gasteiger partial charge in [-0.25, -0.2) is 0 Å². The maximum atomic E-state index is 5.26. The molecule has 0 amide bonds. The zero-order chi connectivity index (χ0) is 12.1. The molecule has 0 fully saturated rings. The molecule has 0 aliphatic carbocycles. The lowest BCUT2D eigenvalue weighted by Crippen LogP contribution is -2.32. The van der Waals surface area contributed by atoms with Gasteiger partial charge >= 0.3 is 0 Å². The van der Waals surface area contributed by atoms with Gasteiger partial charge in [0.1, 0.15) is 0 Å². The Bertz CT molecular complexity index is 134. The SMILES string of the molecule is CCOCCCCNCCNCC(C)OC. The molecule has 1 atom stereocenters. The zero-order valence-corrected chi connectivity index (χ0v) is 11.1. The molecule has 0 saturated carbocycles. The summed E-state index contributed by atoms with van der Waals surface area (Å²) in [6.45, 7) is 9.83. The molecule has 98 valence electrons. The van der Waals surface area contributed by atoms with E-state index in [4.69, 9.17) is 9.47 Å². The van der Waals surface area contributed by atoms with Crippen molar-refractivity contribution in [3.8, 4) is 0 Å². The first-order chi connectivity index (χ1) is 7.81. The highest BCUT2D eigenvalue weighted by atomic mass is 16.5. The third kappa shape index (κ3) is 11.9. The average molecular weight is 232 g/mol. The van der Waals surface area contributed by atoms with Gasteiger partial charge in [0.2, 0.25) is 0 Å². The summed E-state index contributed by atoms with van der Waals surface area (Å²) in [5, 5.41) is 6.73. The van der Waals surface area contributed by atoms with Crippen LogP contribution in [0.4, 0.5) is 0 Å². The predicted octanol–water partition coefficient (Wildman–Crippen LogP) is 1.02. The Hall–Kier alpha value is -0.160. The van der Waals surface area contributed by atoms with Crippen molar-refractivity contribution in [1.29, 1.82) is 0 Å². The number of nitrogens with one attached hydrogen (secondary N) is 2. The van der Waals surface area contributed by atoms with E-state index in [1.54, 1.807) is 7.11 Å². The minimum atomic E-state index is 0.297. The number of hydrogen-bond donors (Lipinski definition) is 2. The van der Waals surface area contributed by atoms with E-state index >= 15 is 0 Å². The largest absolute Gasteiger partial charge is 0.382 e. The monoisotopic (exact) mass is 232 g/mol. The molecule has 0 aliphatic heterocycles. The van der Waals surface area contributed by atoms with Crippen LogP contribution >= 0.6 is 0 Å². The fourth-order valence-corrected chi connectivity index (χ4v) is 1.29. The Kier molecular flexibility index (Phi) is 12.8. The maximum absolute atomic E-state index is 5.26. The molecular weight excluding hydrogens is 204 g/mol. The molecule has 4 heteroatoms. The molecule has 16 heavy (non-hydrogen) atoms. The van der Waals surface area contributed by atoms with Crippen molar-refractivity contribution in [2.24, 2.45) is 0 Å². The summed E-state index contributed by atoms with van der Waals surface area (Å²) >= 11 is 0. The summed E-state index contributed by atoms with van der Waals surface area (Å²) in [6, 6.07) is 0. The molecule has 0 spiro atoms. The maximum Gasteiger partial charge on any atom is 0.0667 e. The third-order valence-electron chi connectivity index (χ3n) is 2.41. The minimum absolute atomic E-state index is 0.297. The van der Waals surface area contributed by atoms with Gasteiger partial charge in [0.25, 0.3) is 0 Å². The van der Waals surface area contributed by atoms with Crippen molar-refractivity contribution in [2.45, 2.75) is 32.8 Å². The van der Waals surface area contributed by atoms with E-state index in [0.29, 0.717) is 6.10 Å². The van der Waals surface area contributed by atoms with Crippen LogP contribution in [0.5, 0.6) is 0 Å². The Morgan fingerprint density at radius 1 is 1.06 bits per heavy atom. The van der Waals surface area contributed by atoms with E-state index in [2.05, 4.69) is 17.6 Å². The Morgan fingerprint density at radius 2 is 1.81 bits per heavy atom. The predicted molar refractivity (Wildman–Crippen MR) is 67.9 cm³/mol. The molecule has 4 nitrogen and oxygen atoms in total. The van der Waals surface area contributed by atoms with Gasteiger partial charge in [-0.1, -0.05) is 0 Å². The van der Waals surface area contributed by atoms with Gasteiger partial charge in [0.15, 0.2) is 0 Å². The number of hydrogen-bond acceptors (Lipinski definition) is 4. The lowest BCUT2D eigenvalue weighted by atomic mass is 10.3. The van der Waals surface area contributed by atoms with Crippen molar-refractivity contribution < 1.29 is 9.47 Å². The summed E-state index contributed by atoms with van der Waals surface area (Å²) in [4.78, 5) is 0. The second kappa shape index (κ2) is 12.9. The lowest BCUT2D eigenvalue weighted by molar-refractivity contribution is 0.117. The van der Waals surface area contributed by atoms with Crippen LogP contribution in [-0.2, 0) is 9.47 Å². The Balaban J connectivity index is 2.93. The van der Waals surface area contributed by atoms with E-state index in [1.807, 2.05) is 6.92 Å². The van der Waals surface area contributed by atoms with Crippen molar-refractivity contribution in [1.82, 2.24) is 10.6 Å². The fraction of sp³-hybridized carbons (Fsp3) is 1.00. The smallest absolute Gasteiger partial charge is 0.0667 e. The highest BCUT2D eigenvalue weighted by Gasteiger charge is 1.96. The van der Waals surface area contributed by atoms with Crippen molar-refractivity contribution in [3.05, 3.63) is 0 Å². The van der Waals surface area contributed by atoms with Crippen LogP contribution in [0.15, 0.2) is 0 Å². The van der Waals surface area contributed by atoms with Gasteiger partial charge < -0.3 is 20.1 Å². The van der Waals surface area contributed by atoms with Crippen LogP contribution in [0.1, 0.15) is 26.7 Å². The molecule has 1 unspecified atom stereocenters. The summed E-state index contributed by atoms with van der Waals surface area (Å²) in [7, 11) is 1.74. The first-order valence-electron chi connectivity index (χ1n) is 6.33. The summed E-state index contributed by atoms with van der Waals surface area (Å²) < 4.78 is 10.4.